The highest BCUT2D eigenvalue weighted by Gasteiger charge is 2.20. The minimum Gasteiger partial charge on any atom is -0.326 e. The lowest BCUT2D eigenvalue weighted by Crippen LogP contribution is -2.26. The second kappa shape index (κ2) is 3.88. The summed E-state index contributed by atoms with van der Waals surface area (Å²) >= 11 is 0. The number of likely N-dealkylation sites (tertiary alicyclic amines) is 1. The van der Waals surface area contributed by atoms with Crippen LogP contribution >= 0.6 is 0 Å². The standard InChI is InChI=1S/C12H16N4/c13-9-5-6-16(7-9)8-12-10-3-1-2-4-11(10)14-15-12/h1-4,9H,5-8,13H2,(H,14,15)/t9-/m0/s1. The molecule has 1 aliphatic heterocycles. The van der Waals surface area contributed by atoms with Crippen molar-refractivity contribution in [2.45, 2.75) is 19.0 Å². The topological polar surface area (TPSA) is 57.9 Å². The van der Waals surface area contributed by atoms with E-state index in [0.29, 0.717) is 6.04 Å². The summed E-state index contributed by atoms with van der Waals surface area (Å²) in [5.41, 5.74) is 8.14. The third kappa shape index (κ3) is 1.70. The first-order valence-electron chi connectivity index (χ1n) is 5.73. The number of aromatic nitrogens is 2. The van der Waals surface area contributed by atoms with Crippen molar-refractivity contribution < 1.29 is 0 Å². The molecule has 0 aliphatic carbocycles. The number of benzene rings is 1. The number of hydrogen-bond acceptors (Lipinski definition) is 3. The highest BCUT2D eigenvalue weighted by Crippen LogP contribution is 2.18. The molecule has 84 valence electrons. The first kappa shape index (κ1) is 9.81. The van der Waals surface area contributed by atoms with Gasteiger partial charge in [0.05, 0.1) is 11.2 Å². The van der Waals surface area contributed by atoms with Crippen molar-refractivity contribution in [1.29, 1.82) is 0 Å². The van der Waals surface area contributed by atoms with Crippen molar-refractivity contribution in [2.75, 3.05) is 13.1 Å². The SMILES string of the molecule is N[C@H]1CCN(Cc2[nH]nc3ccccc23)C1. The zero-order valence-electron chi connectivity index (χ0n) is 9.19. The minimum absolute atomic E-state index is 0.342. The normalized spacial score (nSPS) is 21.9. The number of rotatable bonds is 2. The van der Waals surface area contributed by atoms with Crippen LogP contribution in [-0.2, 0) is 6.54 Å². The van der Waals surface area contributed by atoms with Gasteiger partial charge in [-0.25, -0.2) is 0 Å². The number of hydrogen-bond donors (Lipinski definition) is 2. The van der Waals surface area contributed by atoms with Crippen molar-refractivity contribution in [1.82, 2.24) is 15.1 Å². The van der Waals surface area contributed by atoms with Gasteiger partial charge in [0.2, 0.25) is 0 Å². The molecule has 3 N–H and O–H groups in total. The predicted octanol–water partition coefficient (Wildman–Crippen LogP) is 1.10. The van der Waals surface area contributed by atoms with Crippen LogP contribution in [0.5, 0.6) is 0 Å². The molecule has 1 aliphatic rings. The second-order valence-corrected chi connectivity index (χ2v) is 4.50. The molecule has 1 saturated heterocycles. The minimum atomic E-state index is 0.342. The Balaban J connectivity index is 1.84. The van der Waals surface area contributed by atoms with Crippen molar-refractivity contribution in [3.8, 4) is 0 Å². The molecule has 0 saturated carbocycles. The van der Waals surface area contributed by atoms with Crippen molar-refractivity contribution in [3.63, 3.8) is 0 Å². The molecule has 16 heavy (non-hydrogen) atoms. The molecule has 4 nitrogen and oxygen atoms in total. The fraction of sp³-hybridized carbons (Fsp3) is 0.417. The van der Waals surface area contributed by atoms with Crippen LogP contribution in [0.15, 0.2) is 24.3 Å². The Morgan fingerprint density at radius 3 is 3.12 bits per heavy atom. The monoisotopic (exact) mass is 216 g/mol. The molecule has 1 aromatic heterocycles. The smallest absolute Gasteiger partial charge is 0.0924 e. The molecule has 0 spiro atoms. The van der Waals surface area contributed by atoms with Crippen molar-refractivity contribution in [2.24, 2.45) is 5.73 Å². The number of aromatic amines is 1. The van der Waals surface area contributed by atoms with E-state index in [-0.39, 0.29) is 0 Å². The average Bonchev–Trinajstić information content (AvgIpc) is 2.87. The van der Waals surface area contributed by atoms with Gasteiger partial charge in [0.15, 0.2) is 0 Å². The van der Waals surface area contributed by atoms with Crippen LogP contribution in [0.1, 0.15) is 12.1 Å². The number of fused-ring (bicyclic) bond motifs is 1. The summed E-state index contributed by atoms with van der Waals surface area (Å²) < 4.78 is 0. The zero-order valence-corrected chi connectivity index (χ0v) is 9.19. The maximum absolute atomic E-state index is 5.90. The fourth-order valence-corrected chi connectivity index (χ4v) is 2.36. The summed E-state index contributed by atoms with van der Waals surface area (Å²) in [5.74, 6) is 0. The molecule has 0 radical (unpaired) electrons. The molecule has 2 aromatic rings. The Labute approximate surface area is 94.4 Å². The molecular formula is C12H16N4. The number of H-pyrrole nitrogens is 1. The van der Waals surface area contributed by atoms with Crippen molar-refractivity contribution in [3.05, 3.63) is 30.0 Å². The van der Waals surface area contributed by atoms with Gasteiger partial charge in [0, 0.05) is 31.1 Å². The Bertz CT molecular complexity index is 490. The third-order valence-corrected chi connectivity index (χ3v) is 3.23. The van der Waals surface area contributed by atoms with Gasteiger partial charge in [0.1, 0.15) is 0 Å². The number of nitrogens with one attached hydrogen (secondary N) is 1. The van der Waals surface area contributed by atoms with Crippen LogP contribution in [0.2, 0.25) is 0 Å². The summed E-state index contributed by atoms with van der Waals surface area (Å²) in [6.45, 7) is 3.01. The Hall–Kier alpha value is -1.39. The van der Waals surface area contributed by atoms with Gasteiger partial charge >= 0.3 is 0 Å². The number of nitrogens with zero attached hydrogens (tertiary/aromatic N) is 2. The largest absolute Gasteiger partial charge is 0.326 e. The van der Waals surface area contributed by atoms with Crippen LogP contribution in [0, 0.1) is 0 Å². The Morgan fingerprint density at radius 2 is 2.31 bits per heavy atom. The van der Waals surface area contributed by atoms with E-state index in [9.17, 15) is 0 Å². The average molecular weight is 216 g/mol. The van der Waals surface area contributed by atoms with Crippen molar-refractivity contribution >= 4 is 10.9 Å². The molecule has 1 atom stereocenters. The van der Waals surface area contributed by atoms with Crippen LogP contribution < -0.4 is 5.73 Å². The lowest BCUT2D eigenvalue weighted by molar-refractivity contribution is 0.324. The Morgan fingerprint density at radius 1 is 1.44 bits per heavy atom. The van der Waals surface area contributed by atoms with Gasteiger partial charge in [-0.3, -0.25) is 10.00 Å². The summed E-state index contributed by atoms with van der Waals surface area (Å²) in [5, 5.41) is 8.64. The summed E-state index contributed by atoms with van der Waals surface area (Å²) in [6, 6.07) is 8.56. The van der Waals surface area contributed by atoms with Gasteiger partial charge in [-0.05, 0) is 12.5 Å². The molecule has 0 amide bonds. The number of para-hydroxylation sites is 1. The first-order chi connectivity index (χ1) is 7.83. The van der Waals surface area contributed by atoms with Crippen LogP contribution in [-0.4, -0.2) is 34.2 Å². The fourth-order valence-electron chi connectivity index (χ4n) is 2.36. The summed E-state index contributed by atoms with van der Waals surface area (Å²) in [6.07, 6.45) is 1.10. The molecule has 1 fully saturated rings. The zero-order chi connectivity index (χ0) is 11.0. The number of nitrogens with two attached hydrogens (primary N) is 1. The van der Waals surface area contributed by atoms with E-state index in [1.54, 1.807) is 0 Å². The van der Waals surface area contributed by atoms with E-state index in [1.165, 1.54) is 11.1 Å². The molecular weight excluding hydrogens is 200 g/mol. The summed E-state index contributed by atoms with van der Waals surface area (Å²) in [7, 11) is 0. The highest BCUT2D eigenvalue weighted by molar-refractivity contribution is 5.81. The van der Waals surface area contributed by atoms with Gasteiger partial charge < -0.3 is 5.73 Å². The molecule has 1 aromatic carbocycles. The Kier molecular flexibility index (Phi) is 2.38. The molecule has 0 bridgehead atoms. The van der Waals surface area contributed by atoms with Crippen LogP contribution in [0.3, 0.4) is 0 Å². The van der Waals surface area contributed by atoms with E-state index in [0.717, 1.165) is 31.6 Å². The quantitative estimate of drug-likeness (QED) is 0.790. The van der Waals surface area contributed by atoms with Crippen LogP contribution in [0.25, 0.3) is 10.9 Å². The van der Waals surface area contributed by atoms with E-state index < -0.39 is 0 Å². The summed E-state index contributed by atoms with van der Waals surface area (Å²) in [4.78, 5) is 2.38. The van der Waals surface area contributed by atoms with Crippen LogP contribution in [0.4, 0.5) is 0 Å². The highest BCUT2D eigenvalue weighted by atomic mass is 15.2. The van der Waals surface area contributed by atoms with E-state index in [4.69, 9.17) is 5.73 Å². The first-order valence-corrected chi connectivity index (χ1v) is 5.73. The lowest BCUT2D eigenvalue weighted by Gasteiger charge is -2.13. The van der Waals surface area contributed by atoms with Gasteiger partial charge in [-0.1, -0.05) is 18.2 Å². The molecule has 0 unspecified atom stereocenters. The van der Waals surface area contributed by atoms with E-state index in [1.807, 2.05) is 12.1 Å². The molecule has 2 heterocycles. The molecule has 4 heteroatoms. The maximum atomic E-state index is 5.90. The van der Waals surface area contributed by atoms with Gasteiger partial charge in [-0.15, -0.1) is 0 Å². The molecule has 3 rings (SSSR count). The van der Waals surface area contributed by atoms with Gasteiger partial charge in [-0.2, -0.15) is 5.10 Å². The van der Waals surface area contributed by atoms with E-state index >= 15 is 0 Å². The second-order valence-electron chi connectivity index (χ2n) is 4.50. The van der Waals surface area contributed by atoms with E-state index in [2.05, 4.69) is 27.2 Å². The maximum Gasteiger partial charge on any atom is 0.0924 e. The lowest BCUT2D eigenvalue weighted by atomic mass is 10.2. The predicted molar refractivity (Wildman–Crippen MR) is 64.0 cm³/mol. The van der Waals surface area contributed by atoms with Gasteiger partial charge in [0.25, 0.3) is 0 Å². The third-order valence-electron chi connectivity index (χ3n) is 3.23.